The van der Waals surface area contributed by atoms with Gasteiger partial charge in [-0.1, -0.05) is 6.07 Å². The Labute approximate surface area is 168 Å². The van der Waals surface area contributed by atoms with Crippen LogP contribution in [-0.2, 0) is 21.4 Å². The fourth-order valence-electron chi connectivity index (χ4n) is 2.96. The number of carbonyl (C=O) groups excluding carboxylic acids is 1. The molecule has 0 atom stereocenters. The number of hydrogen-bond donors (Lipinski definition) is 1. The van der Waals surface area contributed by atoms with Crippen LogP contribution in [-0.4, -0.2) is 30.0 Å². The molecule has 29 heavy (non-hydrogen) atoms. The lowest BCUT2D eigenvalue weighted by Crippen LogP contribution is -2.32. The number of amides is 1. The van der Waals surface area contributed by atoms with E-state index in [4.69, 9.17) is 4.74 Å². The first kappa shape index (κ1) is 20.4. The van der Waals surface area contributed by atoms with Gasteiger partial charge in [-0.2, -0.15) is 3.97 Å². The number of rotatable bonds is 6. The summed E-state index contributed by atoms with van der Waals surface area (Å²) in [6, 6.07) is 11.3. The molecule has 0 spiro atoms. The van der Waals surface area contributed by atoms with Crippen LogP contribution in [0.4, 0.5) is 5.69 Å². The summed E-state index contributed by atoms with van der Waals surface area (Å²) in [5, 5.41) is 2.72. The van der Waals surface area contributed by atoms with Crippen molar-refractivity contribution in [2.45, 2.75) is 25.3 Å². The summed E-state index contributed by atoms with van der Waals surface area (Å²) in [6.07, 6.45) is 2.40. The van der Waals surface area contributed by atoms with Gasteiger partial charge in [-0.15, -0.1) is 0 Å². The van der Waals surface area contributed by atoms with Crippen LogP contribution in [0.25, 0.3) is 0 Å². The number of aromatic nitrogens is 2. The lowest BCUT2D eigenvalue weighted by atomic mass is 10.1. The van der Waals surface area contributed by atoms with E-state index in [1.54, 1.807) is 0 Å². The van der Waals surface area contributed by atoms with E-state index in [0.717, 1.165) is 21.9 Å². The highest BCUT2D eigenvalue weighted by molar-refractivity contribution is 7.90. The Kier molecular flexibility index (Phi) is 5.60. The van der Waals surface area contributed by atoms with Crippen LogP contribution in [0.15, 0.2) is 64.5 Å². The minimum atomic E-state index is -4.08. The Bertz CT molecular complexity index is 1190. The molecule has 1 heterocycles. The van der Waals surface area contributed by atoms with Crippen molar-refractivity contribution in [1.82, 2.24) is 8.54 Å². The molecule has 0 unspecified atom stereocenters. The minimum absolute atomic E-state index is 0.0576. The smallest absolute Gasteiger partial charge is 0.342 e. The number of imidazole rings is 1. The number of benzene rings is 2. The van der Waals surface area contributed by atoms with Gasteiger partial charge in [-0.05, 0) is 61.4 Å². The quantitative estimate of drug-likeness (QED) is 0.665. The second kappa shape index (κ2) is 7.96. The SMILES string of the molecule is COc1ccc(S(=O)(=O)n2ccn(CC(=O)Nc3cc(C)cc(C)c3)c2=O)cc1. The predicted octanol–water partition coefficient (Wildman–Crippen LogP) is 2.15. The van der Waals surface area contributed by atoms with Gasteiger partial charge < -0.3 is 10.1 Å². The largest absolute Gasteiger partial charge is 0.497 e. The number of anilines is 1. The third-order valence-corrected chi connectivity index (χ3v) is 5.92. The molecular formula is C20H21N3O5S. The molecule has 3 rings (SSSR count). The number of aryl methyl sites for hydroxylation is 2. The summed E-state index contributed by atoms with van der Waals surface area (Å²) in [4.78, 5) is 24.8. The van der Waals surface area contributed by atoms with Gasteiger partial charge in [0.1, 0.15) is 12.3 Å². The van der Waals surface area contributed by atoms with Gasteiger partial charge in [0.15, 0.2) is 0 Å². The molecule has 0 radical (unpaired) electrons. The van der Waals surface area contributed by atoms with E-state index in [-0.39, 0.29) is 11.4 Å². The van der Waals surface area contributed by atoms with Crippen LogP contribution in [0.2, 0.25) is 0 Å². The molecule has 0 aliphatic heterocycles. The zero-order chi connectivity index (χ0) is 21.2. The normalized spacial score (nSPS) is 11.3. The summed E-state index contributed by atoms with van der Waals surface area (Å²) in [7, 11) is -2.61. The fraction of sp³-hybridized carbons (Fsp3) is 0.200. The first-order valence-electron chi connectivity index (χ1n) is 8.76. The standard InChI is InChI=1S/C20H21N3O5S/c1-14-10-15(2)12-16(11-14)21-19(24)13-22-8-9-23(20(22)25)29(26,27)18-6-4-17(28-3)5-7-18/h4-12H,13H2,1-3H3,(H,21,24). The maximum Gasteiger partial charge on any atom is 0.342 e. The summed E-state index contributed by atoms with van der Waals surface area (Å²) < 4.78 is 32.1. The van der Waals surface area contributed by atoms with Gasteiger partial charge in [0.05, 0.1) is 12.0 Å². The van der Waals surface area contributed by atoms with Crippen LogP contribution >= 0.6 is 0 Å². The van der Waals surface area contributed by atoms with Crippen LogP contribution < -0.4 is 15.7 Å². The Balaban J connectivity index is 1.81. The van der Waals surface area contributed by atoms with Crippen LogP contribution in [0.3, 0.4) is 0 Å². The lowest BCUT2D eigenvalue weighted by molar-refractivity contribution is -0.116. The first-order chi connectivity index (χ1) is 13.7. The predicted molar refractivity (Wildman–Crippen MR) is 109 cm³/mol. The van der Waals surface area contributed by atoms with Crippen molar-refractivity contribution in [3.63, 3.8) is 0 Å². The molecule has 152 valence electrons. The maximum atomic E-state index is 12.7. The molecule has 0 aliphatic rings. The summed E-state index contributed by atoms with van der Waals surface area (Å²) in [6.45, 7) is 3.52. The highest BCUT2D eigenvalue weighted by atomic mass is 32.2. The topological polar surface area (TPSA) is 99.4 Å². The van der Waals surface area contributed by atoms with Crippen molar-refractivity contribution in [3.8, 4) is 5.75 Å². The molecule has 0 bridgehead atoms. The monoisotopic (exact) mass is 415 g/mol. The molecule has 9 heteroatoms. The van der Waals surface area contributed by atoms with Gasteiger partial charge in [0.25, 0.3) is 10.0 Å². The molecule has 1 amide bonds. The Hall–Kier alpha value is -3.33. The van der Waals surface area contributed by atoms with Crippen molar-refractivity contribution >= 4 is 21.6 Å². The molecule has 0 saturated heterocycles. The van der Waals surface area contributed by atoms with E-state index in [9.17, 15) is 18.0 Å². The van der Waals surface area contributed by atoms with E-state index in [0.29, 0.717) is 15.4 Å². The second-order valence-electron chi connectivity index (χ2n) is 6.61. The molecule has 1 N–H and O–H groups in total. The number of methoxy groups -OCH3 is 1. The van der Waals surface area contributed by atoms with Gasteiger partial charge in [0, 0.05) is 18.1 Å². The Morgan fingerprint density at radius 1 is 1.03 bits per heavy atom. The zero-order valence-electron chi connectivity index (χ0n) is 16.2. The molecule has 0 saturated carbocycles. The number of hydrogen-bond acceptors (Lipinski definition) is 5. The van der Waals surface area contributed by atoms with Gasteiger partial charge in [-0.3, -0.25) is 9.36 Å². The summed E-state index contributed by atoms with van der Waals surface area (Å²) >= 11 is 0. The fourth-order valence-corrected chi connectivity index (χ4v) is 4.19. The van der Waals surface area contributed by atoms with Crippen molar-refractivity contribution < 1.29 is 17.9 Å². The third kappa shape index (κ3) is 4.40. The molecule has 3 aromatic rings. The maximum absolute atomic E-state index is 12.7. The summed E-state index contributed by atoms with van der Waals surface area (Å²) in [5.41, 5.74) is 1.78. The number of ether oxygens (including phenoxy) is 1. The number of nitrogens with one attached hydrogen (secondary N) is 1. The van der Waals surface area contributed by atoms with E-state index in [1.165, 1.54) is 37.6 Å². The average molecular weight is 415 g/mol. The Morgan fingerprint density at radius 2 is 1.66 bits per heavy atom. The number of nitrogens with zero attached hydrogens (tertiary/aromatic N) is 2. The van der Waals surface area contributed by atoms with Crippen molar-refractivity contribution in [2.24, 2.45) is 0 Å². The highest BCUT2D eigenvalue weighted by Crippen LogP contribution is 2.17. The molecule has 1 aromatic heterocycles. The van der Waals surface area contributed by atoms with Gasteiger partial charge >= 0.3 is 5.69 Å². The summed E-state index contributed by atoms with van der Waals surface area (Å²) in [5.74, 6) is 0.0635. The second-order valence-corrected chi connectivity index (χ2v) is 8.42. The van der Waals surface area contributed by atoms with Crippen molar-refractivity contribution in [2.75, 3.05) is 12.4 Å². The average Bonchev–Trinajstić information content (AvgIpc) is 3.02. The van der Waals surface area contributed by atoms with Crippen molar-refractivity contribution in [3.05, 3.63) is 76.5 Å². The van der Waals surface area contributed by atoms with Gasteiger partial charge in [-0.25, -0.2) is 13.2 Å². The van der Waals surface area contributed by atoms with Gasteiger partial charge in [0.2, 0.25) is 5.91 Å². The molecule has 0 aliphatic carbocycles. The Morgan fingerprint density at radius 3 is 2.24 bits per heavy atom. The molecule has 0 fully saturated rings. The number of carbonyl (C=O) groups is 1. The highest BCUT2D eigenvalue weighted by Gasteiger charge is 2.21. The van der Waals surface area contributed by atoms with Crippen LogP contribution in [0, 0.1) is 13.8 Å². The third-order valence-electron chi connectivity index (χ3n) is 4.25. The zero-order valence-corrected chi connectivity index (χ0v) is 17.1. The lowest BCUT2D eigenvalue weighted by Gasteiger charge is -2.08. The van der Waals surface area contributed by atoms with E-state index in [2.05, 4.69) is 5.32 Å². The van der Waals surface area contributed by atoms with Crippen LogP contribution in [0.5, 0.6) is 5.75 Å². The van der Waals surface area contributed by atoms with Crippen molar-refractivity contribution in [1.29, 1.82) is 0 Å². The van der Waals surface area contributed by atoms with Crippen LogP contribution in [0.1, 0.15) is 11.1 Å². The minimum Gasteiger partial charge on any atom is -0.497 e. The van der Waals surface area contributed by atoms with E-state index in [1.807, 2.05) is 32.0 Å². The molecule has 8 nitrogen and oxygen atoms in total. The first-order valence-corrected chi connectivity index (χ1v) is 10.2. The molecule has 2 aromatic carbocycles. The molecular weight excluding hydrogens is 394 g/mol. The van der Waals surface area contributed by atoms with E-state index < -0.39 is 21.6 Å². The van der Waals surface area contributed by atoms with E-state index >= 15 is 0 Å².